The van der Waals surface area contributed by atoms with E-state index in [4.69, 9.17) is 9.47 Å². The normalized spacial score (nSPS) is 12.7. The average molecular weight is 350 g/mol. The molecule has 0 bridgehead atoms. The molecule has 5 nitrogen and oxygen atoms in total. The van der Waals surface area contributed by atoms with Crippen LogP contribution in [0.4, 0.5) is 0 Å². The Morgan fingerprint density at radius 2 is 1.88 bits per heavy atom. The van der Waals surface area contributed by atoms with Crippen LogP contribution in [0.1, 0.15) is 51.5 Å². The number of ether oxygens (including phenoxy) is 2. The number of nitrogens with zero attached hydrogens (tertiary/aromatic N) is 1. The van der Waals surface area contributed by atoms with Gasteiger partial charge in [0.05, 0.1) is 7.11 Å². The summed E-state index contributed by atoms with van der Waals surface area (Å²) in [5.41, 5.74) is 1.33. The molecule has 1 rings (SSSR count). The van der Waals surface area contributed by atoms with E-state index < -0.39 is 0 Å². The van der Waals surface area contributed by atoms with Gasteiger partial charge in [-0.1, -0.05) is 19.1 Å². The monoisotopic (exact) mass is 349 g/mol. The summed E-state index contributed by atoms with van der Waals surface area (Å²) in [5.74, 6) is 2.30. The highest BCUT2D eigenvalue weighted by atomic mass is 16.5. The second-order valence-electron chi connectivity index (χ2n) is 6.05. The van der Waals surface area contributed by atoms with Crippen LogP contribution in [0.25, 0.3) is 0 Å². The van der Waals surface area contributed by atoms with Crippen LogP contribution in [-0.4, -0.2) is 45.9 Å². The zero-order chi connectivity index (χ0) is 18.3. The van der Waals surface area contributed by atoms with E-state index in [9.17, 15) is 0 Å². The molecule has 0 aliphatic carbocycles. The van der Waals surface area contributed by atoms with Crippen molar-refractivity contribution in [1.29, 1.82) is 0 Å². The lowest BCUT2D eigenvalue weighted by Crippen LogP contribution is -2.38. The summed E-state index contributed by atoms with van der Waals surface area (Å²) in [5, 5.41) is 6.73. The van der Waals surface area contributed by atoms with E-state index in [2.05, 4.69) is 41.6 Å². The molecule has 0 saturated carbocycles. The Kier molecular flexibility index (Phi) is 11.5. The number of guanidine groups is 1. The Morgan fingerprint density at radius 3 is 2.52 bits per heavy atom. The molecule has 0 aliphatic rings. The van der Waals surface area contributed by atoms with Crippen molar-refractivity contribution in [2.75, 3.05) is 40.0 Å². The lowest BCUT2D eigenvalue weighted by atomic mass is 9.98. The molecule has 142 valence electrons. The van der Waals surface area contributed by atoms with Crippen LogP contribution < -0.4 is 15.4 Å². The molecular formula is C20H35N3O2. The van der Waals surface area contributed by atoms with Gasteiger partial charge in [0.1, 0.15) is 5.75 Å². The zero-order valence-electron chi connectivity index (χ0n) is 16.3. The molecular weight excluding hydrogens is 314 g/mol. The van der Waals surface area contributed by atoms with Gasteiger partial charge in [-0.15, -0.1) is 0 Å². The minimum Gasteiger partial charge on any atom is -0.497 e. The van der Waals surface area contributed by atoms with Crippen molar-refractivity contribution in [3.63, 3.8) is 0 Å². The van der Waals surface area contributed by atoms with Gasteiger partial charge in [0.2, 0.25) is 0 Å². The molecule has 1 unspecified atom stereocenters. The quantitative estimate of drug-likeness (QED) is 0.344. The smallest absolute Gasteiger partial charge is 0.191 e. The Morgan fingerprint density at radius 1 is 1.12 bits per heavy atom. The van der Waals surface area contributed by atoms with Gasteiger partial charge in [0.25, 0.3) is 0 Å². The largest absolute Gasteiger partial charge is 0.497 e. The van der Waals surface area contributed by atoms with Crippen molar-refractivity contribution in [2.24, 2.45) is 4.99 Å². The van der Waals surface area contributed by atoms with Gasteiger partial charge in [-0.25, -0.2) is 0 Å². The van der Waals surface area contributed by atoms with Crippen LogP contribution in [0.5, 0.6) is 5.75 Å². The van der Waals surface area contributed by atoms with Gasteiger partial charge in [-0.2, -0.15) is 0 Å². The maximum absolute atomic E-state index is 5.35. The first-order chi connectivity index (χ1) is 12.2. The molecule has 1 atom stereocenters. The van der Waals surface area contributed by atoms with E-state index in [-0.39, 0.29) is 0 Å². The molecule has 0 amide bonds. The fourth-order valence-corrected chi connectivity index (χ4v) is 2.50. The molecule has 0 radical (unpaired) electrons. The van der Waals surface area contributed by atoms with Crippen molar-refractivity contribution in [2.45, 2.75) is 46.0 Å². The second-order valence-corrected chi connectivity index (χ2v) is 6.05. The Balaban J connectivity index is 2.32. The molecule has 0 aliphatic heterocycles. The lowest BCUT2D eigenvalue weighted by molar-refractivity contribution is 0.144. The molecule has 0 fully saturated rings. The van der Waals surface area contributed by atoms with Crippen molar-refractivity contribution in [3.8, 4) is 5.75 Å². The summed E-state index contributed by atoms with van der Waals surface area (Å²) in [7, 11) is 1.70. The van der Waals surface area contributed by atoms with Crippen LogP contribution in [-0.2, 0) is 4.74 Å². The molecule has 1 aromatic carbocycles. The number of methoxy groups -OCH3 is 1. The molecule has 0 spiro atoms. The first-order valence-corrected chi connectivity index (χ1v) is 9.45. The fraction of sp³-hybridized carbons (Fsp3) is 0.650. The third-order valence-corrected chi connectivity index (χ3v) is 4.07. The third-order valence-electron chi connectivity index (χ3n) is 4.07. The molecule has 2 N–H and O–H groups in total. The van der Waals surface area contributed by atoms with E-state index in [0.717, 1.165) is 63.8 Å². The van der Waals surface area contributed by atoms with E-state index in [1.54, 1.807) is 7.11 Å². The van der Waals surface area contributed by atoms with Crippen LogP contribution in [0.2, 0.25) is 0 Å². The summed E-state index contributed by atoms with van der Waals surface area (Å²) in [6.07, 6.45) is 3.17. The van der Waals surface area contributed by atoms with E-state index in [1.807, 2.05) is 19.1 Å². The van der Waals surface area contributed by atoms with Crippen LogP contribution in [0, 0.1) is 0 Å². The molecule has 25 heavy (non-hydrogen) atoms. The van der Waals surface area contributed by atoms with E-state index in [1.165, 1.54) is 5.56 Å². The van der Waals surface area contributed by atoms with E-state index in [0.29, 0.717) is 5.92 Å². The van der Waals surface area contributed by atoms with E-state index >= 15 is 0 Å². The van der Waals surface area contributed by atoms with Gasteiger partial charge in [-0.3, -0.25) is 4.99 Å². The Hall–Kier alpha value is -1.75. The number of nitrogens with one attached hydrogen (secondary N) is 2. The summed E-state index contributed by atoms with van der Waals surface area (Å²) >= 11 is 0. The summed E-state index contributed by atoms with van der Waals surface area (Å²) < 4.78 is 10.6. The topological polar surface area (TPSA) is 54.9 Å². The SMILES string of the molecule is CCNC(=NCCCCOCC)NCCC(C)c1ccc(OC)cc1. The highest BCUT2D eigenvalue weighted by Crippen LogP contribution is 2.21. The predicted molar refractivity (Wildman–Crippen MR) is 106 cm³/mol. The zero-order valence-corrected chi connectivity index (χ0v) is 16.3. The highest BCUT2D eigenvalue weighted by molar-refractivity contribution is 5.79. The van der Waals surface area contributed by atoms with Crippen LogP contribution >= 0.6 is 0 Å². The van der Waals surface area contributed by atoms with Gasteiger partial charge < -0.3 is 20.1 Å². The number of rotatable bonds is 12. The Bertz CT molecular complexity index is 474. The van der Waals surface area contributed by atoms with Gasteiger partial charge in [-0.05, 0) is 56.7 Å². The van der Waals surface area contributed by atoms with Crippen molar-refractivity contribution < 1.29 is 9.47 Å². The fourth-order valence-electron chi connectivity index (χ4n) is 2.50. The minimum atomic E-state index is 0.493. The lowest BCUT2D eigenvalue weighted by Gasteiger charge is -2.15. The number of aliphatic imine (C=N–C) groups is 1. The van der Waals surface area contributed by atoms with Crippen LogP contribution in [0.3, 0.4) is 0 Å². The van der Waals surface area contributed by atoms with Gasteiger partial charge in [0, 0.05) is 32.8 Å². The molecule has 0 aromatic heterocycles. The second kappa shape index (κ2) is 13.5. The molecule has 0 heterocycles. The number of benzene rings is 1. The van der Waals surface area contributed by atoms with Gasteiger partial charge >= 0.3 is 0 Å². The average Bonchev–Trinajstić information content (AvgIpc) is 2.64. The highest BCUT2D eigenvalue weighted by Gasteiger charge is 2.06. The predicted octanol–water partition coefficient (Wildman–Crippen LogP) is 3.56. The third kappa shape index (κ3) is 9.34. The maximum atomic E-state index is 5.35. The van der Waals surface area contributed by atoms with Crippen molar-refractivity contribution >= 4 is 5.96 Å². The molecule has 5 heteroatoms. The summed E-state index contributed by atoms with van der Waals surface area (Å²) in [6, 6.07) is 8.32. The molecule has 1 aromatic rings. The summed E-state index contributed by atoms with van der Waals surface area (Å²) in [4.78, 5) is 4.63. The summed E-state index contributed by atoms with van der Waals surface area (Å²) in [6.45, 7) is 10.6. The van der Waals surface area contributed by atoms with Gasteiger partial charge in [0.15, 0.2) is 5.96 Å². The van der Waals surface area contributed by atoms with Crippen molar-refractivity contribution in [1.82, 2.24) is 10.6 Å². The van der Waals surface area contributed by atoms with Crippen molar-refractivity contribution in [3.05, 3.63) is 29.8 Å². The number of unbranched alkanes of at least 4 members (excludes halogenated alkanes) is 1. The van der Waals surface area contributed by atoms with Crippen LogP contribution in [0.15, 0.2) is 29.3 Å². The number of hydrogen-bond donors (Lipinski definition) is 2. The first-order valence-electron chi connectivity index (χ1n) is 9.45. The molecule has 0 saturated heterocycles. The standard InChI is InChI=1S/C20H35N3O2/c1-5-21-20(22-14-7-8-16-25-6-2)23-15-13-17(3)18-9-11-19(24-4)12-10-18/h9-12,17H,5-8,13-16H2,1-4H3,(H2,21,22,23). The first kappa shape index (κ1) is 21.3. The Labute approximate surface area is 153 Å². The number of hydrogen-bond acceptors (Lipinski definition) is 3. The minimum absolute atomic E-state index is 0.493. The maximum Gasteiger partial charge on any atom is 0.191 e.